The van der Waals surface area contributed by atoms with Crippen molar-refractivity contribution in [2.24, 2.45) is 11.8 Å². The van der Waals surface area contributed by atoms with Gasteiger partial charge in [-0.25, -0.2) is 0 Å². The van der Waals surface area contributed by atoms with Gasteiger partial charge >= 0.3 is 0 Å². The fourth-order valence-electron chi connectivity index (χ4n) is 4.65. The van der Waals surface area contributed by atoms with Crippen molar-refractivity contribution in [2.45, 2.75) is 65.3 Å². The van der Waals surface area contributed by atoms with E-state index < -0.39 is 6.04 Å². The molecule has 0 aliphatic carbocycles. The second-order valence-electron chi connectivity index (χ2n) is 9.35. The Kier molecular flexibility index (Phi) is 8.10. The summed E-state index contributed by atoms with van der Waals surface area (Å²) in [5, 5.41) is 2.96. The van der Waals surface area contributed by atoms with E-state index in [4.69, 9.17) is 0 Å². The summed E-state index contributed by atoms with van der Waals surface area (Å²) in [6.45, 7) is 8.70. The highest BCUT2D eigenvalue weighted by molar-refractivity contribution is 5.98. The van der Waals surface area contributed by atoms with Crippen molar-refractivity contribution < 1.29 is 14.4 Å². The van der Waals surface area contributed by atoms with Crippen molar-refractivity contribution in [1.29, 1.82) is 0 Å². The van der Waals surface area contributed by atoms with Crippen molar-refractivity contribution in [1.82, 2.24) is 15.1 Å². The normalized spacial score (nSPS) is 19.1. The summed E-state index contributed by atoms with van der Waals surface area (Å²) in [6, 6.07) is 6.85. The number of aryl methyl sites for hydroxylation is 1. The summed E-state index contributed by atoms with van der Waals surface area (Å²) >= 11 is 0. The number of benzene rings is 1. The Balaban J connectivity index is 1.57. The SMILES string of the molecule is Cc1ccccc1C(=O)N[C@@H](C(=O)N1CCC(C(=O)N2CCCCCC2)CC1)C(C)C. The van der Waals surface area contributed by atoms with Gasteiger partial charge in [-0.2, -0.15) is 0 Å². The number of carbonyl (C=O) groups is 3. The zero-order chi connectivity index (χ0) is 22.4. The highest BCUT2D eigenvalue weighted by Crippen LogP contribution is 2.23. The fourth-order valence-corrected chi connectivity index (χ4v) is 4.65. The number of carbonyl (C=O) groups excluding carboxylic acids is 3. The molecule has 0 saturated carbocycles. The van der Waals surface area contributed by atoms with Gasteiger partial charge in [-0.15, -0.1) is 0 Å². The molecule has 6 nitrogen and oxygen atoms in total. The van der Waals surface area contributed by atoms with E-state index in [0.29, 0.717) is 31.5 Å². The first-order chi connectivity index (χ1) is 14.9. The van der Waals surface area contributed by atoms with Crippen molar-refractivity contribution in [3.63, 3.8) is 0 Å². The molecule has 0 bridgehead atoms. The van der Waals surface area contributed by atoms with Gasteiger partial charge in [-0.3, -0.25) is 14.4 Å². The average Bonchev–Trinajstić information content (AvgIpc) is 3.06. The molecule has 31 heavy (non-hydrogen) atoms. The maximum Gasteiger partial charge on any atom is 0.252 e. The summed E-state index contributed by atoms with van der Waals surface area (Å²) in [7, 11) is 0. The van der Waals surface area contributed by atoms with Crippen LogP contribution in [0.1, 0.15) is 68.3 Å². The average molecular weight is 428 g/mol. The molecule has 1 atom stereocenters. The highest BCUT2D eigenvalue weighted by Gasteiger charge is 2.34. The van der Waals surface area contributed by atoms with Crippen LogP contribution in [0.3, 0.4) is 0 Å². The van der Waals surface area contributed by atoms with Crippen LogP contribution in [0, 0.1) is 18.8 Å². The van der Waals surface area contributed by atoms with Gasteiger partial charge in [0.25, 0.3) is 5.91 Å². The Labute approximate surface area is 186 Å². The predicted molar refractivity (Wildman–Crippen MR) is 122 cm³/mol. The smallest absolute Gasteiger partial charge is 0.252 e. The third-order valence-electron chi connectivity index (χ3n) is 6.68. The first-order valence-electron chi connectivity index (χ1n) is 11.8. The third kappa shape index (κ3) is 5.86. The minimum atomic E-state index is -0.565. The van der Waals surface area contributed by atoms with Gasteiger partial charge in [0.2, 0.25) is 11.8 Å². The predicted octanol–water partition coefficient (Wildman–Crippen LogP) is 3.39. The van der Waals surface area contributed by atoms with Crippen LogP contribution in [0.15, 0.2) is 24.3 Å². The van der Waals surface area contributed by atoms with E-state index in [1.54, 1.807) is 6.07 Å². The number of hydrogen-bond acceptors (Lipinski definition) is 3. The van der Waals surface area contributed by atoms with Crippen LogP contribution < -0.4 is 5.32 Å². The molecule has 170 valence electrons. The Hall–Kier alpha value is -2.37. The lowest BCUT2D eigenvalue weighted by atomic mass is 9.93. The largest absolute Gasteiger partial charge is 0.342 e. The zero-order valence-corrected chi connectivity index (χ0v) is 19.2. The maximum atomic E-state index is 13.2. The van der Waals surface area contributed by atoms with Gasteiger partial charge in [0.15, 0.2) is 0 Å². The number of piperidine rings is 1. The van der Waals surface area contributed by atoms with Crippen LogP contribution in [0.25, 0.3) is 0 Å². The standard InChI is InChI=1S/C25H37N3O3/c1-18(2)22(26-23(29)21-11-7-6-10-19(21)3)25(31)28-16-12-20(13-17-28)24(30)27-14-8-4-5-9-15-27/h6-7,10-11,18,20,22H,4-5,8-9,12-17H2,1-3H3,(H,26,29)/t22-/m1/s1. The van der Waals surface area contributed by atoms with E-state index in [2.05, 4.69) is 5.32 Å². The number of likely N-dealkylation sites (tertiary alicyclic amines) is 2. The molecule has 1 aromatic carbocycles. The summed E-state index contributed by atoms with van der Waals surface area (Å²) in [5.74, 6) is 0.00869. The summed E-state index contributed by atoms with van der Waals surface area (Å²) in [5.41, 5.74) is 1.49. The molecule has 2 saturated heterocycles. The zero-order valence-electron chi connectivity index (χ0n) is 19.2. The van der Waals surface area contributed by atoms with Crippen LogP contribution in [0.2, 0.25) is 0 Å². The molecule has 0 spiro atoms. The van der Waals surface area contributed by atoms with E-state index in [1.807, 2.05) is 48.8 Å². The van der Waals surface area contributed by atoms with E-state index in [9.17, 15) is 14.4 Å². The Morgan fingerprint density at radius 2 is 1.52 bits per heavy atom. The molecular formula is C25H37N3O3. The Bertz CT molecular complexity index is 776. The fraction of sp³-hybridized carbons (Fsp3) is 0.640. The van der Waals surface area contributed by atoms with Gasteiger partial charge in [0.1, 0.15) is 6.04 Å². The monoisotopic (exact) mass is 427 g/mol. The molecule has 0 radical (unpaired) electrons. The minimum Gasteiger partial charge on any atom is -0.342 e. The number of rotatable bonds is 5. The van der Waals surface area contributed by atoms with Crippen LogP contribution >= 0.6 is 0 Å². The number of hydrogen-bond donors (Lipinski definition) is 1. The second-order valence-corrected chi connectivity index (χ2v) is 9.35. The molecular weight excluding hydrogens is 390 g/mol. The topological polar surface area (TPSA) is 69.7 Å². The van der Waals surface area contributed by atoms with E-state index in [0.717, 1.165) is 31.5 Å². The van der Waals surface area contributed by atoms with Crippen LogP contribution in [-0.2, 0) is 9.59 Å². The first kappa shape index (κ1) is 23.3. The van der Waals surface area contributed by atoms with Crippen molar-refractivity contribution in [3.8, 4) is 0 Å². The van der Waals surface area contributed by atoms with Gasteiger partial charge in [-0.05, 0) is 50.2 Å². The number of amides is 3. The quantitative estimate of drug-likeness (QED) is 0.783. The van der Waals surface area contributed by atoms with Crippen LogP contribution in [0.4, 0.5) is 0 Å². The Morgan fingerprint density at radius 3 is 2.10 bits per heavy atom. The molecule has 1 N–H and O–H groups in total. The summed E-state index contributed by atoms with van der Waals surface area (Å²) in [4.78, 5) is 42.8. The van der Waals surface area contributed by atoms with Gasteiger partial charge in [0.05, 0.1) is 0 Å². The van der Waals surface area contributed by atoms with Gasteiger partial charge < -0.3 is 15.1 Å². The lowest BCUT2D eigenvalue weighted by Gasteiger charge is -2.36. The molecule has 0 unspecified atom stereocenters. The second kappa shape index (κ2) is 10.8. The summed E-state index contributed by atoms with van der Waals surface area (Å²) < 4.78 is 0. The lowest BCUT2D eigenvalue weighted by molar-refractivity contribution is -0.142. The summed E-state index contributed by atoms with van der Waals surface area (Å²) in [6.07, 6.45) is 6.03. The molecule has 3 amide bonds. The van der Waals surface area contributed by atoms with Crippen molar-refractivity contribution >= 4 is 17.7 Å². The van der Waals surface area contributed by atoms with Crippen LogP contribution in [-0.4, -0.2) is 59.7 Å². The molecule has 1 aromatic rings. The number of nitrogens with zero attached hydrogens (tertiary/aromatic N) is 2. The molecule has 0 aromatic heterocycles. The van der Waals surface area contributed by atoms with Gasteiger partial charge in [0, 0.05) is 37.7 Å². The van der Waals surface area contributed by atoms with Crippen LogP contribution in [0.5, 0.6) is 0 Å². The molecule has 3 rings (SSSR count). The molecule has 6 heteroatoms. The van der Waals surface area contributed by atoms with Crippen molar-refractivity contribution in [2.75, 3.05) is 26.2 Å². The lowest BCUT2D eigenvalue weighted by Crippen LogP contribution is -2.54. The van der Waals surface area contributed by atoms with E-state index in [1.165, 1.54) is 12.8 Å². The Morgan fingerprint density at radius 1 is 0.903 bits per heavy atom. The number of nitrogens with one attached hydrogen (secondary N) is 1. The molecule has 2 heterocycles. The minimum absolute atomic E-state index is 0.0150. The van der Waals surface area contributed by atoms with Crippen molar-refractivity contribution in [3.05, 3.63) is 35.4 Å². The molecule has 2 aliphatic heterocycles. The highest BCUT2D eigenvalue weighted by atomic mass is 16.2. The molecule has 2 fully saturated rings. The first-order valence-corrected chi connectivity index (χ1v) is 11.8. The van der Waals surface area contributed by atoms with Gasteiger partial charge in [-0.1, -0.05) is 44.9 Å². The molecule has 2 aliphatic rings. The third-order valence-corrected chi connectivity index (χ3v) is 6.68. The maximum absolute atomic E-state index is 13.2. The van der Waals surface area contributed by atoms with E-state index in [-0.39, 0.29) is 29.6 Å². The van der Waals surface area contributed by atoms with E-state index >= 15 is 0 Å².